The molecule has 2 amide bonds. The van der Waals surface area contributed by atoms with Crippen LogP contribution in [0.2, 0.25) is 0 Å². The normalized spacial score (nSPS) is 33.8. The third-order valence-electron chi connectivity index (χ3n) is 3.06. The Morgan fingerprint density at radius 2 is 2.38 bits per heavy atom. The third-order valence-corrected chi connectivity index (χ3v) is 3.06. The van der Waals surface area contributed by atoms with E-state index in [9.17, 15) is 4.79 Å². The fourth-order valence-corrected chi connectivity index (χ4v) is 2.41. The minimum atomic E-state index is -0.0133. The Hall–Kier alpha value is -0.770. The Balaban J connectivity index is 2.23. The van der Waals surface area contributed by atoms with E-state index in [-0.39, 0.29) is 11.6 Å². The summed E-state index contributed by atoms with van der Waals surface area (Å²) in [6.07, 6.45) is 0.983. The van der Waals surface area contributed by atoms with E-state index in [1.807, 2.05) is 18.9 Å². The number of carbonyl (C=O) groups excluding carboxylic acids is 1. The van der Waals surface area contributed by atoms with Gasteiger partial charge >= 0.3 is 6.03 Å². The van der Waals surface area contributed by atoms with Crippen LogP contribution in [0.25, 0.3) is 0 Å². The predicted molar refractivity (Wildman–Crippen MR) is 48.6 cm³/mol. The summed E-state index contributed by atoms with van der Waals surface area (Å²) in [5, 5.41) is 0. The summed E-state index contributed by atoms with van der Waals surface area (Å²) in [6, 6.07) is 0.146. The van der Waals surface area contributed by atoms with Crippen LogP contribution in [0.3, 0.4) is 0 Å². The summed E-state index contributed by atoms with van der Waals surface area (Å²) >= 11 is 0. The lowest BCUT2D eigenvalue weighted by molar-refractivity contribution is 0.123. The van der Waals surface area contributed by atoms with Crippen LogP contribution >= 0.6 is 0 Å². The topological polar surface area (TPSA) is 32.8 Å². The van der Waals surface area contributed by atoms with E-state index >= 15 is 0 Å². The quantitative estimate of drug-likeness (QED) is 0.595. The molecule has 0 aromatic heterocycles. The molecule has 0 N–H and O–H groups in total. The zero-order valence-corrected chi connectivity index (χ0v) is 8.25. The van der Waals surface area contributed by atoms with Crippen molar-refractivity contribution in [2.75, 3.05) is 33.4 Å². The fraction of sp³-hybridized carbons (Fsp3) is 0.889. The lowest BCUT2D eigenvalue weighted by Crippen LogP contribution is -2.47. The molecule has 2 aliphatic heterocycles. The van der Waals surface area contributed by atoms with Crippen molar-refractivity contribution in [3.8, 4) is 0 Å². The average molecular weight is 184 g/mol. The number of urea groups is 1. The summed E-state index contributed by atoms with van der Waals surface area (Å²) in [7, 11) is 1.86. The molecule has 0 radical (unpaired) electrons. The Morgan fingerprint density at radius 1 is 1.62 bits per heavy atom. The van der Waals surface area contributed by atoms with Gasteiger partial charge < -0.3 is 14.5 Å². The van der Waals surface area contributed by atoms with Crippen LogP contribution in [-0.4, -0.2) is 54.7 Å². The fourth-order valence-electron chi connectivity index (χ4n) is 2.41. The SMILES string of the molecule is CCN1C(=O)N(C)CC12CCOC2. The van der Waals surface area contributed by atoms with Gasteiger partial charge in [-0.25, -0.2) is 4.79 Å². The Labute approximate surface area is 78.4 Å². The number of hydrogen-bond acceptors (Lipinski definition) is 2. The standard InChI is InChI=1S/C9H16N2O2/c1-3-11-8(12)10(2)6-9(11)4-5-13-7-9/h3-7H2,1-2H3. The van der Waals surface area contributed by atoms with Crippen LogP contribution in [0.5, 0.6) is 0 Å². The smallest absolute Gasteiger partial charge is 0.320 e. The maximum Gasteiger partial charge on any atom is 0.320 e. The van der Waals surface area contributed by atoms with Crippen molar-refractivity contribution < 1.29 is 9.53 Å². The number of rotatable bonds is 1. The van der Waals surface area contributed by atoms with Crippen molar-refractivity contribution in [3.05, 3.63) is 0 Å². The first-order chi connectivity index (χ1) is 6.19. The lowest BCUT2D eigenvalue weighted by Gasteiger charge is -2.30. The van der Waals surface area contributed by atoms with Gasteiger partial charge in [0, 0.05) is 26.7 Å². The van der Waals surface area contributed by atoms with E-state index in [0.29, 0.717) is 6.61 Å². The highest BCUT2D eigenvalue weighted by molar-refractivity contribution is 5.78. The van der Waals surface area contributed by atoms with E-state index < -0.39 is 0 Å². The van der Waals surface area contributed by atoms with Crippen molar-refractivity contribution in [1.82, 2.24) is 9.80 Å². The number of amides is 2. The number of ether oxygens (including phenoxy) is 1. The molecule has 0 aromatic rings. The monoisotopic (exact) mass is 184 g/mol. The van der Waals surface area contributed by atoms with Gasteiger partial charge in [-0.3, -0.25) is 0 Å². The maximum absolute atomic E-state index is 11.7. The van der Waals surface area contributed by atoms with Gasteiger partial charge in [-0.1, -0.05) is 0 Å². The van der Waals surface area contributed by atoms with Gasteiger partial charge in [0.2, 0.25) is 0 Å². The van der Waals surface area contributed by atoms with Crippen LogP contribution in [0.4, 0.5) is 4.79 Å². The second kappa shape index (κ2) is 2.87. The minimum Gasteiger partial charge on any atom is -0.379 e. The summed E-state index contributed by atoms with van der Waals surface area (Å²) in [4.78, 5) is 15.4. The molecule has 13 heavy (non-hydrogen) atoms. The number of carbonyl (C=O) groups is 1. The third kappa shape index (κ3) is 1.12. The molecule has 1 unspecified atom stereocenters. The Bertz CT molecular complexity index is 224. The molecule has 2 aliphatic rings. The number of likely N-dealkylation sites (N-methyl/N-ethyl adjacent to an activating group) is 2. The summed E-state index contributed by atoms with van der Waals surface area (Å²) in [5.41, 5.74) is -0.0133. The van der Waals surface area contributed by atoms with Crippen LogP contribution in [0.1, 0.15) is 13.3 Å². The molecule has 0 aromatic carbocycles. The van der Waals surface area contributed by atoms with Gasteiger partial charge in [0.25, 0.3) is 0 Å². The van der Waals surface area contributed by atoms with Gasteiger partial charge in [-0.05, 0) is 13.3 Å². The summed E-state index contributed by atoms with van der Waals surface area (Å²) in [5.74, 6) is 0. The van der Waals surface area contributed by atoms with Gasteiger partial charge in [0.15, 0.2) is 0 Å². The van der Waals surface area contributed by atoms with Gasteiger partial charge in [-0.15, -0.1) is 0 Å². The van der Waals surface area contributed by atoms with E-state index in [4.69, 9.17) is 4.74 Å². The molecular formula is C9H16N2O2. The van der Waals surface area contributed by atoms with E-state index in [0.717, 1.165) is 26.1 Å². The predicted octanol–water partition coefficient (Wildman–Crippen LogP) is 0.533. The van der Waals surface area contributed by atoms with Crippen LogP contribution in [-0.2, 0) is 4.74 Å². The first-order valence-corrected chi connectivity index (χ1v) is 4.80. The number of nitrogens with zero attached hydrogens (tertiary/aromatic N) is 2. The molecule has 74 valence electrons. The van der Waals surface area contributed by atoms with Crippen molar-refractivity contribution in [2.45, 2.75) is 18.9 Å². The minimum absolute atomic E-state index is 0.0133. The van der Waals surface area contributed by atoms with E-state index in [2.05, 4.69) is 0 Å². The van der Waals surface area contributed by atoms with Crippen molar-refractivity contribution in [2.24, 2.45) is 0 Å². The highest BCUT2D eigenvalue weighted by atomic mass is 16.5. The van der Waals surface area contributed by atoms with Crippen LogP contribution in [0, 0.1) is 0 Å². The van der Waals surface area contributed by atoms with Crippen molar-refractivity contribution >= 4 is 6.03 Å². The van der Waals surface area contributed by atoms with Crippen molar-refractivity contribution in [1.29, 1.82) is 0 Å². The molecule has 2 saturated heterocycles. The largest absolute Gasteiger partial charge is 0.379 e. The second-order valence-corrected chi connectivity index (χ2v) is 3.91. The molecular weight excluding hydrogens is 168 g/mol. The first kappa shape index (κ1) is 8.81. The molecule has 1 spiro atoms. The zero-order valence-electron chi connectivity index (χ0n) is 8.25. The zero-order chi connectivity index (χ0) is 9.47. The number of hydrogen-bond donors (Lipinski definition) is 0. The van der Waals surface area contributed by atoms with E-state index in [1.54, 1.807) is 4.90 Å². The molecule has 0 aliphatic carbocycles. The second-order valence-electron chi connectivity index (χ2n) is 3.91. The highest BCUT2D eigenvalue weighted by Crippen LogP contribution is 2.32. The Morgan fingerprint density at radius 3 is 2.92 bits per heavy atom. The maximum atomic E-state index is 11.7. The molecule has 2 fully saturated rings. The molecule has 0 bridgehead atoms. The van der Waals surface area contributed by atoms with E-state index in [1.165, 1.54) is 0 Å². The molecule has 4 heteroatoms. The van der Waals surface area contributed by atoms with Crippen LogP contribution in [0.15, 0.2) is 0 Å². The average Bonchev–Trinajstić information content (AvgIpc) is 2.62. The molecule has 1 atom stereocenters. The lowest BCUT2D eigenvalue weighted by atomic mass is 9.98. The van der Waals surface area contributed by atoms with Gasteiger partial charge in [0.1, 0.15) is 0 Å². The Kier molecular flexibility index (Phi) is 1.95. The van der Waals surface area contributed by atoms with Gasteiger partial charge in [-0.2, -0.15) is 0 Å². The molecule has 2 heterocycles. The summed E-state index contributed by atoms with van der Waals surface area (Å²) in [6.45, 7) is 5.12. The highest BCUT2D eigenvalue weighted by Gasteiger charge is 2.49. The van der Waals surface area contributed by atoms with Crippen LogP contribution < -0.4 is 0 Å². The summed E-state index contributed by atoms with van der Waals surface area (Å²) < 4.78 is 5.39. The van der Waals surface area contributed by atoms with Crippen molar-refractivity contribution in [3.63, 3.8) is 0 Å². The molecule has 4 nitrogen and oxygen atoms in total. The van der Waals surface area contributed by atoms with Gasteiger partial charge in [0.05, 0.1) is 12.1 Å². The first-order valence-electron chi connectivity index (χ1n) is 4.80. The molecule has 0 saturated carbocycles. The molecule has 2 rings (SSSR count).